The lowest BCUT2D eigenvalue weighted by Crippen LogP contribution is -2.35. The largest absolute Gasteiger partial charge is 0.307 e. The maximum Gasteiger partial charge on any atom is 0.0639 e. The van der Waals surface area contributed by atoms with Gasteiger partial charge in [0, 0.05) is 12.1 Å². The van der Waals surface area contributed by atoms with Crippen LogP contribution >= 0.6 is 23.2 Å². The van der Waals surface area contributed by atoms with Crippen molar-refractivity contribution in [3.8, 4) is 0 Å². The molecule has 1 N–H and O–H groups in total. The molecule has 0 saturated heterocycles. The lowest BCUT2D eigenvalue weighted by Gasteiger charge is -2.31. The van der Waals surface area contributed by atoms with Crippen LogP contribution in [0.15, 0.2) is 18.2 Å². The first-order valence-electron chi connectivity index (χ1n) is 7.81. The molecular weight excluding hydrogens is 289 g/mol. The fourth-order valence-corrected chi connectivity index (χ4v) is 3.80. The Morgan fingerprint density at radius 2 is 1.90 bits per heavy atom. The van der Waals surface area contributed by atoms with Crippen molar-refractivity contribution in [3.05, 3.63) is 33.8 Å². The summed E-state index contributed by atoms with van der Waals surface area (Å²) in [4.78, 5) is 0. The summed E-state index contributed by atoms with van der Waals surface area (Å²) in [5.74, 6) is 0.947. The average Bonchev–Trinajstić information content (AvgIpc) is 2.44. The fourth-order valence-electron chi connectivity index (χ4n) is 3.32. The molecule has 1 fully saturated rings. The maximum atomic E-state index is 6.30. The van der Waals surface area contributed by atoms with Gasteiger partial charge in [0.25, 0.3) is 0 Å². The Balaban J connectivity index is 1.89. The normalized spacial score (nSPS) is 24.6. The molecule has 1 nitrogen and oxygen atoms in total. The van der Waals surface area contributed by atoms with E-state index in [2.05, 4.69) is 25.2 Å². The summed E-state index contributed by atoms with van der Waals surface area (Å²) in [6.07, 6.45) is 8.00. The molecule has 0 radical (unpaired) electrons. The summed E-state index contributed by atoms with van der Waals surface area (Å²) < 4.78 is 0. The summed E-state index contributed by atoms with van der Waals surface area (Å²) in [5, 5.41) is 5.05. The zero-order valence-electron chi connectivity index (χ0n) is 12.5. The summed E-state index contributed by atoms with van der Waals surface area (Å²) in [6, 6.07) is 6.76. The highest BCUT2D eigenvalue weighted by atomic mass is 35.5. The molecule has 1 saturated carbocycles. The van der Waals surface area contributed by atoms with E-state index in [0.29, 0.717) is 16.1 Å². The van der Waals surface area contributed by atoms with Gasteiger partial charge in [0.05, 0.1) is 10.0 Å². The molecule has 0 bridgehead atoms. The van der Waals surface area contributed by atoms with Crippen molar-refractivity contribution in [3.63, 3.8) is 0 Å². The lowest BCUT2D eigenvalue weighted by molar-refractivity contribution is 0.266. The zero-order chi connectivity index (χ0) is 14.5. The molecule has 1 aliphatic rings. The molecular formula is C17H25Cl2N. The number of benzene rings is 1. The SMILES string of the molecule is CCCC1CCC(NC(C)c2cccc(Cl)c2Cl)CC1. The third-order valence-electron chi connectivity index (χ3n) is 4.48. The Labute approximate surface area is 133 Å². The maximum absolute atomic E-state index is 6.30. The minimum Gasteiger partial charge on any atom is -0.307 e. The van der Waals surface area contributed by atoms with Gasteiger partial charge in [-0.1, -0.05) is 55.1 Å². The molecule has 0 aromatic heterocycles. The molecule has 1 aliphatic carbocycles. The van der Waals surface area contributed by atoms with Crippen LogP contribution in [0.5, 0.6) is 0 Å². The number of halogens is 2. The molecule has 3 heteroatoms. The molecule has 112 valence electrons. The van der Waals surface area contributed by atoms with Gasteiger partial charge in [0.2, 0.25) is 0 Å². The van der Waals surface area contributed by atoms with Crippen LogP contribution in [0.1, 0.15) is 64.0 Å². The summed E-state index contributed by atoms with van der Waals surface area (Å²) in [7, 11) is 0. The number of nitrogens with one attached hydrogen (secondary N) is 1. The van der Waals surface area contributed by atoms with Crippen LogP contribution in [0.3, 0.4) is 0 Å². The van der Waals surface area contributed by atoms with Gasteiger partial charge in [0.1, 0.15) is 0 Å². The first-order valence-corrected chi connectivity index (χ1v) is 8.57. The number of hydrogen-bond donors (Lipinski definition) is 1. The highest BCUT2D eigenvalue weighted by molar-refractivity contribution is 6.42. The standard InChI is InChI=1S/C17H25Cl2N/c1-3-5-13-8-10-14(11-9-13)20-12(2)15-6-4-7-16(18)17(15)19/h4,6-7,12-14,20H,3,5,8-11H2,1-2H3. The molecule has 2 rings (SSSR count). The second-order valence-corrected chi connectivity index (χ2v) is 6.82. The van der Waals surface area contributed by atoms with Crippen LogP contribution in [-0.2, 0) is 0 Å². The Kier molecular flexibility index (Phi) is 6.20. The lowest BCUT2D eigenvalue weighted by atomic mass is 9.83. The van der Waals surface area contributed by atoms with Gasteiger partial charge in [-0.25, -0.2) is 0 Å². The van der Waals surface area contributed by atoms with Gasteiger partial charge in [-0.05, 0) is 50.2 Å². The van der Waals surface area contributed by atoms with E-state index in [0.717, 1.165) is 11.5 Å². The first-order chi connectivity index (χ1) is 9.61. The van der Waals surface area contributed by atoms with E-state index >= 15 is 0 Å². The van der Waals surface area contributed by atoms with Gasteiger partial charge < -0.3 is 5.32 Å². The van der Waals surface area contributed by atoms with Crippen LogP contribution < -0.4 is 5.32 Å². The van der Waals surface area contributed by atoms with Crippen molar-refractivity contribution in [2.45, 2.75) is 64.5 Å². The number of hydrogen-bond acceptors (Lipinski definition) is 1. The minimum atomic E-state index is 0.258. The zero-order valence-corrected chi connectivity index (χ0v) is 14.0. The van der Waals surface area contributed by atoms with E-state index in [1.165, 1.54) is 38.5 Å². The molecule has 0 amide bonds. The van der Waals surface area contributed by atoms with Crippen LogP contribution in [0, 0.1) is 5.92 Å². The molecule has 0 spiro atoms. The quantitative estimate of drug-likeness (QED) is 0.702. The van der Waals surface area contributed by atoms with E-state index in [1.807, 2.05) is 12.1 Å². The third kappa shape index (κ3) is 4.13. The molecule has 1 aromatic rings. The molecule has 0 aliphatic heterocycles. The molecule has 1 aromatic carbocycles. The van der Waals surface area contributed by atoms with Gasteiger partial charge in [-0.15, -0.1) is 0 Å². The Hall–Kier alpha value is -0.240. The van der Waals surface area contributed by atoms with Crippen molar-refractivity contribution in [2.75, 3.05) is 0 Å². The molecule has 20 heavy (non-hydrogen) atoms. The van der Waals surface area contributed by atoms with Gasteiger partial charge in [0.15, 0.2) is 0 Å². The monoisotopic (exact) mass is 313 g/mol. The van der Waals surface area contributed by atoms with Crippen molar-refractivity contribution in [1.82, 2.24) is 5.32 Å². The van der Waals surface area contributed by atoms with Crippen molar-refractivity contribution in [1.29, 1.82) is 0 Å². The Morgan fingerprint density at radius 1 is 1.20 bits per heavy atom. The summed E-state index contributed by atoms with van der Waals surface area (Å²) in [5.41, 5.74) is 1.11. The highest BCUT2D eigenvalue weighted by Gasteiger charge is 2.22. The minimum absolute atomic E-state index is 0.258. The second-order valence-electron chi connectivity index (χ2n) is 6.04. The molecule has 0 heterocycles. The third-order valence-corrected chi connectivity index (χ3v) is 5.31. The average molecular weight is 314 g/mol. The molecule has 1 atom stereocenters. The highest BCUT2D eigenvalue weighted by Crippen LogP contribution is 2.32. The fraction of sp³-hybridized carbons (Fsp3) is 0.647. The van der Waals surface area contributed by atoms with Gasteiger partial charge in [-0.3, -0.25) is 0 Å². The topological polar surface area (TPSA) is 12.0 Å². The molecule has 1 unspecified atom stereocenters. The van der Waals surface area contributed by atoms with Crippen LogP contribution in [0.4, 0.5) is 0 Å². The second kappa shape index (κ2) is 7.68. The van der Waals surface area contributed by atoms with E-state index in [-0.39, 0.29) is 6.04 Å². The number of rotatable bonds is 5. The van der Waals surface area contributed by atoms with Crippen LogP contribution in [0.2, 0.25) is 10.0 Å². The van der Waals surface area contributed by atoms with Gasteiger partial charge in [-0.2, -0.15) is 0 Å². The predicted molar refractivity (Wildman–Crippen MR) is 88.7 cm³/mol. The Bertz CT molecular complexity index is 425. The summed E-state index contributed by atoms with van der Waals surface area (Å²) in [6.45, 7) is 4.46. The van der Waals surface area contributed by atoms with E-state index < -0.39 is 0 Å². The van der Waals surface area contributed by atoms with E-state index in [4.69, 9.17) is 23.2 Å². The summed E-state index contributed by atoms with van der Waals surface area (Å²) >= 11 is 12.4. The predicted octanol–water partition coefficient (Wildman–Crippen LogP) is 6.00. The first kappa shape index (κ1) is 16.1. The van der Waals surface area contributed by atoms with Crippen molar-refractivity contribution >= 4 is 23.2 Å². The van der Waals surface area contributed by atoms with Gasteiger partial charge >= 0.3 is 0 Å². The van der Waals surface area contributed by atoms with Crippen molar-refractivity contribution in [2.24, 2.45) is 5.92 Å². The van der Waals surface area contributed by atoms with Crippen LogP contribution in [0.25, 0.3) is 0 Å². The Morgan fingerprint density at radius 3 is 2.55 bits per heavy atom. The van der Waals surface area contributed by atoms with E-state index in [1.54, 1.807) is 0 Å². The smallest absolute Gasteiger partial charge is 0.0639 e. The van der Waals surface area contributed by atoms with Crippen LogP contribution in [-0.4, -0.2) is 6.04 Å². The van der Waals surface area contributed by atoms with Crippen molar-refractivity contribution < 1.29 is 0 Å². The van der Waals surface area contributed by atoms with E-state index in [9.17, 15) is 0 Å².